The molecule has 2 N–H and O–H groups in total. The molecule has 0 aliphatic rings. The van der Waals surface area contributed by atoms with Crippen molar-refractivity contribution in [3.63, 3.8) is 0 Å². The average molecular weight is 359 g/mol. The lowest BCUT2D eigenvalue weighted by molar-refractivity contribution is 0.368. The molecule has 0 amide bonds. The quantitative estimate of drug-likeness (QED) is 0.528. The molecule has 0 bridgehead atoms. The van der Waals surface area contributed by atoms with E-state index in [2.05, 4.69) is 39.6 Å². The van der Waals surface area contributed by atoms with Gasteiger partial charge in [-0.05, 0) is 25.3 Å². The Morgan fingerprint density at radius 2 is 2.04 bits per heavy atom. The lowest BCUT2D eigenvalue weighted by atomic mass is 9.99. The first-order chi connectivity index (χ1) is 12.7. The largest absolute Gasteiger partial charge is 0.481 e. The highest BCUT2D eigenvalue weighted by molar-refractivity contribution is 5.79. The fourth-order valence-corrected chi connectivity index (χ4v) is 2.62. The molecule has 0 aromatic carbocycles. The van der Waals surface area contributed by atoms with E-state index in [-0.39, 0.29) is 0 Å². The first-order valence-corrected chi connectivity index (χ1v) is 9.16. The molecule has 0 atom stereocenters. The van der Waals surface area contributed by atoms with Crippen molar-refractivity contribution in [3.05, 3.63) is 41.4 Å². The third kappa shape index (κ3) is 5.75. The molecular formula is C19H29N5O2. The number of hydrogen-bond donors (Lipinski definition) is 2. The van der Waals surface area contributed by atoms with Gasteiger partial charge in [0.2, 0.25) is 5.88 Å². The predicted molar refractivity (Wildman–Crippen MR) is 102 cm³/mol. The van der Waals surface area contributed by atoms with Crippen LogP contribution in [-0.4, -0.2) is 29.8 Å². The van der Waals surface area contributed by atoms with Crippen molar-refractivity contribution < 1.29 is 9.26 Å². The van der Waals surface area contributed by atoms with Gasteiger partial charge in [0, 0.05) is 30.8 Å². The molecule has 0 saturated heterocycles. The Balaban J connectivity index is 1.94. The molecular weight excluding hydrogens is 330 g/mol. The highest BCUT2D eigenvalue weighted by Gasteiger charge is 2.13. The minimum absolute atomic E-state index is 0.456. The van der Waals surface area contributed by atoms with E-state index >= 15 is 0 Å². The molecule has 0 fully saturated rings. The van der Waals surface area contributed by atoms with Gasteiger partial charge in [0.1, 0.15) is 0 Å². The van der Waals surface area contributed by atoms with Crippen molar-refractivity contribution in [3.8, 4) is 5.88 Å². The summed E-state index contributed by atoms with van der Waals surface area (Å²) in [4.78, 5) is 8.77. The first kappa shape index (κ1) is 19.8. The van der Waals surface area contributed by atoms with E-state index in [0.29, 0.717) is 24.9 Å². The van der Waals surface area contributed by atoms with Crippen LogP contribution < -0.4 is 15.4 Å². The van der Waals surface area contributed by atoms with E-state index in [9.17, 15) is 0 Å². The van der Waals surface area contributed by atoms with Crippen LogP contribution in [0.2, 0.25) is 0 Å². The zero-order valence-corrected chi connectivity index (χ0v) is 16.1. The molecule has 2 aromatic rings. The van der Waals surface area contributed by atoms with Crippen molar-refractivity contribution in [2.75, 3.05) is 13.7 Å². The van der Waals surface area contributed by atoms with Gasteiger partial charge in [-0.25, -0.2) is 9.98 Å². The summed E-state index contributed by atoms with van der Waals surface area (Å²) in [6.45, 7) is 8.23. The molecule has 2 rings (SSSR count). The average Bonchev–Trinajstić information content (AvgIpc) is 3.14. The van der Waals surface area contributed by atoms with Gasteiger partial charge in [-0.1, -0.05) is 25.1 Å². The summed E-state index contributed by atoms with van der Waals surface area (Å²) in [5, 5.41) is 10.7. The van der Waals surface area contributed by atoms with Crippen LogP contribution in [0, 0.1) is 0 Å². The number of ether oxygens (including phenoxy) is 1. The van der Waals surface area contributed by atoms with E-state index in [4.69, 9.17) is 9.26 Å². The van der Waals surface area contributed by atoms with Crippen LogP contribution in [0.5, 0.6) is 5.88 Å². The normalized spacial score (nSPS) is 11.7. The third-order valence-corrected chi connectivity index (χ3v) is 4.18. The highest BCUT2D eigenvalue weighted by Crippen LogP contribution is 2.22. The Labute approximate surface area is 155 Å². The van der Waals surface area contributed by atoms with Crippen LogP contribution in [0.4, 0.5) is 0 Å². The Morgan fingerprint density at radius 1 is 1.23 bits per heavy atom. The number of pyridine rings is 1. The summed E-state index contributed by atoms with van der Waals surface area (Å²) < 4.78 is 10.5. The lowest BCUT2D eigenvalue weighted by Crippen LogP contribution is -2.36. The maximum absolute atomic E-state index is 5.45. The number of rotatable bonds is 9. The molecule has 26 heavy (non-hydrogen) atoms. The Morgan fingerprint density at radius 3 is 2.65 bits per heavy atom. The van der Waals surface area contributed by atoms with Gasteiger partial charge < -0.3 is 19.9 Å². The van der Waals surface area contributed by atoms with E-state index in [0.717, 1.165) is 42.4 Å². The summed E-state index contributed by atoms with van der Waals surface area (Å²) >= 11 is 0. The van der Waals surface area contributed by atoms with Crippen LogP contribution in [0.25, 0.3) is 0 Å². The first-order valence-electron chi connectivity index (χ1n) is 9.16. The SMILES string of the molecule is CCNC(=NCc1ccc(OC)nc1)NCc1cc(C(CC)CC)no1. The zero-order valence-electron chi connectivity index (χ0n) is 16.1. The third-order valence-electron chi connectivity index (χ3n) is 4.18. The highest BCUT2D eigenvalue weighted by atomic mass is 16.5. The summed E-state index contributed by atoms with van der Waals surface area (Å²) in [5.74, 6) is 2.59. The summed E-state index contributed by atoms with van der Waals surface area (Å²) in [7, 11) is 1.60. The summed E-state index contributed by atoms with van der Waals surface area (Å²) in [6, 6.07) is 5.82. The monoisotopic (exact) mass is 359 g/mol. The number of methoxy groups -OCH3 is 1. The molecule has 0 aliphatic carbocycles. The molecule has 7 heteroatoms. The smallest absolute Gasteiger partial charge is 0.212 e. The van der Waals surface area contributed by atoms with Crippen LogP contribution in [0.1, 0.15) is 56.5 Å². The number of aliphatic imine (C=N–C) groups is 1. The molecule has 0 spiro atoms. The molecule has 2 aromatic heterocycles. The maximum atomic E-state index is 5.45. The van der Waals surface area contributed by atoms with Crippen molar-refractivity contribution in [2.45, 2.75) is 52.6 Å². The number of nitrogens with one attached hydrogen (secondary N) is 2. The molecule has 0 unspecified atom stereocenters. The van der Waals surface area contributed by atoms with Gasteiger partial charge in [0.15, 0.2) is 11.7 Å². The molecule has 0 aliphatic heterocycles. The molecule has 0 saturated carbocycles. The van der Waals surface area contributed by atoms with Crippen molar-refractivity contribution in [1.29, 1.82) is 0 Å². The van der Waals surface area contributed by atoms with Crippen LogP contribution in [0.3, 0.4) is 0 Å². The van der Waals surface area contributed by atoms with Gasteiger partial charge in [0.05, 0.1) is 25.9 Å². The van der Waals surface area contributed by atoms with E-state index in [1.54, 1.807) is 13.3 Å². The van der Waals surface area contributed by atoms with Crippen molar-refractivity contribution in [1.82, 2.24) is 20.8 Å². The number of hydrogen-bond acceptors (Lipinski definition) is 5. The van der Waals surface area contributed by atoms with Gasteiger partial charge in [0.25, 0.3) is 0 Å². The lowest BCUT2D eigenvalue weighted by Gasteiger charge is -2.10. The van der Waals surface area contributed by atoms with E-state index < -0.39 is 0 Å². The molecule has 0 radical (unpaired) electrons. The maximum Gasteiger partial charge on any atom is 0.212 e. The fourth-order valence-electron chi connectivity index (χ4n) is 2.62. The van der Waals surface area contributed by atoms with Crippen LogP contribution >= 0.6 is 0 Å². The van der Waals surface area contributed by atoms with Crippen molar-refractivity contribution in [2.24, 2.45) is 4.99 Å². The second-order valence-electron chi connectivity index (χ2n) is 5.99. The van der Waals surface area contributed by atoms with Gasteiger partial charge >= 0.3 is 0 Å². The zero-order chi connectivity index (χ0) is 18.8. The Hall–Kier alpha value is -2.57. The van der Waals surface area contributed by atoms with Crippen molar-refractivity contribution >= 4 is 5.96 Å². The Bertz CT molecular complexity index is 677. The van der Waals surface area contributed by atoms with Crippen LogP contribution in [-0.2, 0) is 13.1 Å². The number of guanidine groups is 1. The second-order valence-corrected chi connectivity index (χ2v) is 5.99. The minimum atomic E-state index is 0.456. The Kier molecular flexibility index (Phi) is 7.92. The molecule has 142 valence electrons. The topological polar surface area (TPSA) is 84.6 Å². The van der Waals surface area contributed by atoms with Gasteiger partial charge in [-0.2, -0.15) is 0 Å². The molecule has 2 heterocycles. The molecule has 7 nitrogen and oxygen atoms in total. The van der Waals surface area contributed by atoms with Gasteiger partial charge in [-0.3, -0.25) is 0 Å². The summed E-state index contributed by atoms with van der Waals surface area (Å²) in [5.41, 5.74) is 2.04. The number of aromatic nitrogens is 2. The fraction of sp³-hybridized carbons (Fsp3) is 0.526. The van der Waals surface area contributed by atoms with E-state index in [1.165, 1.54) is 0 Å². The predicted octanol–water partition coefficient (Wildman–Crippen LogP) is 3.24. The standard InChI is InChI=1S/C19H29N5O2/c1-5-15(6-2)17-10-16(26-24-17)13-23-19(20-7-3)22-12-14-8-9-18(25-4)21-11-14/h8-11,15H,5-7,12-13H2,1-4H3,(H2,20,22,23). The number of nitrogens with zero attached hydrogens (tertiary/aromatic N) is 3. The summed E-state index contributed by atoms with van der Waals surface area (Å²) in [6.07, 6.45) is 3.90. The minimum Gasteiger partial charge on any atom is -0.481 e. The second kappa shape index (κ2) is 10.4. The van der Waals surface area contributed by atoms with Crippen LogP contribution in [0.15, 0.2) is 33.9 Å². The van der Waals surface area contributed by atoms with Gasteiger partial charge in [-0.15, -0.1) is 0 Å². The van der Waals surface area contributed by atoms with E-state index in [1.807, 2.05) is 25.1 Å².